The van der Waals surface area contributed by atoms with Crippen molar-refractivity contribution in [3.8, 4) is 23.0 Å². The lowest BCUT2D eigenvalue weighted by molar-refractivity contribution is -0.139. The molecule has 0 amide bonds. The van der Waals surface area contributed by atoms with E-state index in [0.717, 1.165) is 23.3 Å². The molecular weight excluding hydrogens is 570 g/mol. The van der Waals surface area contributed by atoms with Gasteiger partial charge in [0.1, 0.15) is 34.1 Å². The second-order valence-electron chi connectivity index (χ2n) is 10.8. The fourth-order valence-corrected chi connectivity index (χ4v) is 5.06. The Morgan fingerprint density at radius 3 is 1.47 bits per heavy atom. The molecule has 0 heterocycles. The van der Waals surface area contributed by atoms with Crippen molar-refractivity contribution in [1.29, 1.82) is 0 Å². The zero-order chi connectivity index (χ0) is 31.9. The lowest BCUT2D eigenvalue weighted by Crippen LogP contribution is -2.23. The highest BCUT2D eigenvalue weighted by Crippen LogP contribution is 2.44. The summed E-state index contributed by atoms with van der Waals surface area (Å²) in [7, 11) is 0. The third-order valence-corrected chi connectivity index (χ3v) is 7.67. The first-order chi connectivity index (χ1) is 19.9. The van der Waals surface area contributed by atoms with Gasteiger partial charge in [0.15, 0.2) is 0 Å². The molecule has 10 heteroatoms. The smallest absolute Gasteiger partial charge is 0.420 e. The van der Waals surface area contributed by atoms with Gasteiger partial charge in [-0.3, -0.25) is 0 Å². The van der Waals surface area contributed by atoms with Crippen LogP contribution in [0.3, 0.4) is 0 Å². The number of benzene rings is 4. The van der Waals surface area contributed by atoms with Gasteiger partial charge in [-0.1, -0.05) is 38.1 Å². The number of alkyl halides is 6. The van der Waals surface area contributed by atoms with Gasteiger partial charge in [0.05, 0.1) is 0 Å². The van der Waals surface area contributed by atoms with Crippen molar-refractivity contribution in [2.24, 2.45) is 0 Å². The van der Waals surface area contributed by atoms with E-state index >= 15 is 0 Å². The molecule has 4 nitrogen and oxygen atoms in total. The lowest BCUT2D eigenvalue weighted by atomic mass is 9.73. The molecule has 1 atom stereocenters. The monoisotopic (exact) mass is 602 g/mol. The molecule has 0 bridgehead atoms. The van der Waals surface area contributed by atoms with E-state index in [1.54, 1.807) is 32.9 Å². The van der Waals surface area contributed by atoms with Gasteiger partial charge in [-0.25, -0.2) is 0 Å². The van der Waals surface area contributed by atoms with Gasteiger partial charge in [-0.2, -0.15) is 26.3 Å². The van der Waals surface area contributed by atoms with Crippen LogP contribution in [0.15, 0.2) is 66.7 Å². The Morgan fingerprint density at radius 1 is 0.581 bits per heavy atom. The van der Waals surface area contributed by atoms with E-state index in [4.69, 9.17) is 20.9 Å². The van der Waals surface area contributed by atoms with E-state index < -0.39 is 28.9 Å². The highest BCUT2D eigenvalue weighted by molar-refractivity contribution is 5.55. The zero-order valence-electron chi connectivity index (χ0n) is 24.3. The number of nitrogens with two attached hydrogens (primary N) is 2. The Bertz CT molecular complexity index is 1640. The minimum Gasteiger partial charge on any atom is -0.456 e. The Hall–Kier alpha value is -4.34. The van der Waals surface area contributed by atoms with Crippen molar-refractivity contribution in [2.45, 2.75) is 58.8 Å². The first-order valence-corrected chi connectivity index (χ1v) is 13.5. The van der Waals surface area contributed by atoms with Crippen LogP contribution in [0, 0.1) is 20.8 Å². The predicted molar refractivity (Wildman–Crippen MR) is 156 cm³/mol. The first-order valence-electron chi connectivity index (χ1n) is 13.5. The average Bonchev–Trinajstić information content (AvgIpc) is 2.91. The van der Waals surface area contributed by atoms with E-state index in [0.29, 0.717) is 28.9 Å². The van der Waals surface area contributed by atoms with Crippen LogP contribution in [0.4, 0.5) is 37.7 Å². The van der Waals surface area contributed by atoms with Gasteiger partial charge in [-0.15, -0.1) is 0 Å². The number of hydrogen-bond acceptors (Lipinski definition) is 4. The molecule has 0 radical (unpaired) electrons. The number of anilines is 2. The Labute approximate surface area is 246 Å². The molecule has 4 aromatic carbocycles. The van der Waals surface area contributed by atoms with Gasteiger partial charge in [-0.05, 0) is 97.5 Å². The summed E-state index contributed by atoms with van der Waals surface area (Å²) in [5, 5.41) is 0. The molecule has 0 saturated carbocycles. The van der Waals surface area contributed by atoms with Gasteiger partial charge < -0.3 is 20.9 Å². The number of halogens is 6. The minimum absolute atomic E-state index is 0.0249. The summed E-state index contributed by atoms with van der Waals surface area (Å²) in [6, 6.07) is 15.8. The number of aryl methyl sites for hydroxylation is 3. The second kappa shape index (κ2) is 11.4. The van der Waals surface area contributed by atoms with Crippen molar-refractivity contribution in [1.82, 2.24) is 0 Å². The maximum Gasteiger partial charge on any atom is 0.420 e. The van der Waals surface area contributed by atoms with Crippen LogP contribution in [0.1, 0.15) is 59.2 Å². The van der Waals surface area contributed by atoms with Gasteiger partial charge in [0.25, 0.3) is 0 Å². The normalized spacial score (nSPS) is 13.5. The van der Waals surface area contributed by atoms with Gasteiger partial charge >= 0.3 is 12.4 Å². The number of ether oxygens (including phenoxy) is 2. The number of nitrogen functional groups attached to an aromatic ring is 2. The summed E-state index contributed by atoms with van der Waals surface area (Å²) in [5.74, 6) is -0.133. The molecule has 1 unspecified atom stereocenters. The highest BCUT2D eigenvalue weighted by Gasteiger charge is 2.36. The van der Waals surface area contributed by atoms with Crippen LogP contribution in [-0.4, -0.2) is 0 Å². The molecule has 4 N–H and O–H groups in total. The largest absolute Gasteiger partial charge is 0.456 e. The first kappa shape index (κ1) is 31.6. The van der Waals surface area contributed by atoms with Crippen molar-refractivity contribution in [3.63, 3.8) is 0 Å². The van der Waals surface area contributed by atoms with Crippen LogP contribution >= 0.6 is 0 Å². The van der Waals surface area contributed by atoms with E-state index in [2.05, 4.69) is 0 Å². The molecule has 0 fully saturated rings. The van der Waals surface area contributed by atoms with Gasteiger partial charge in [0, 0.05) is 16.8 Å². The van der Waals surface area contributed by atoms with Crippen molar-refractivity contribution in [2.75, 3.05) is 11.5 Å². The van der Waals surface area contributed by atoms with Crippen molar-refractivity contribution in [3.05, 3.63) is 106 Å². The van der Waals surface area contributed by atoms with E-state index in [-0.39, 0.29) is 28.6 Å². The quantitative estimate of drug-likeness (QED) is 0.163. The van der Waals surface area contributed by atoms with Crippen molar-refractivity contribution < 1.29 is 35.8 Å². The Kier molecular flexibility index (Phi) is 8.37. The topological polar surface area (TPSA) is 70.5 Å². The molecule has 0 aliphatic heterocycles. The van der Waals surface area contributed by atoms with Crippen LogP contribution in [-0.2, 0) is 17.8 Å². The Balaban J connectivity index is 1.68. The number of hydrogen-bond donors (Lipinski definition) is 2. The third kappa shape index (κ3) is 6.53. The molecule has 4 aromatic rings. The molecule has 0 aromatic heterocycles. The van der Waals surface area contributed by atoms with Crippen LogP contribution < -0.4 is 20.9 Å². The zero-order valence-corrected chi connectivity index (χ0v) is 24.3. The molecule has 43 heavy (non-hydrogen) atoms. The van der Waals surface area contributed by atoms with Crippen LogP contribution in [0.5, 0.6) is 23.0 Å². The summed E-state index contributed by atoms with van der Waals surface area (Å²) >= 11 is 0. The summed E-state index contributed by atoms with van der Waals surface area (Å²) in [4.78, 5) is 0. The number of rotatable bonds is 7. The van der Waals surface area contributed by atoms with Gasteiger partial charge in [0.2, 0.25) is 0 Å². The standard InChI is InChI=1S/C33H32F6N2O2/c1-6-31(5,21-7-10-27(18(2)13-21)42-28-11-8-23(40)16-25(28)32(34,35)36)22-14-19(3)30(20(4)15-22)43-29-12-9-24(41)17-26(29)33(37,38)39/h7-17H,6,40-41H2,1-5H3. The lowest BCUT2D eigenvalue weighted by Gasteiger charge is -2.32. The molecular formula is C33H32F6N2O2. The average molecular weight is 603 g/mol. The highest BCUT2D eigenvalue weighted by atomic mass is 19.4. The summed E-state index contributed by atoms with van der Waals surface area (Å²) in [5.41, 5.74) is 12.3. The Morgan fingerprint density at radius 2 is 1.02 bits per heavy atom. The molecule has 0 aliphatic rings. The predicted octanol–water partition coefficient (Wildman–Crippen LogP) is 10.1. The van der Waals surface area contributed by atoms with Crippen LogP contribution in [0.2, 0.25) is 0 Å². The minimum atomic E-state index is -4.65. The summed E-state index contributed by atoms with van der Waals surface area (Å²) < 4.78 is 93.3. The third-order valence-electron chi connectivity index (χ3n) is 7.67. The second-order valence-corrected chi connectivity index (χ2v) is 10.8. The maximum atomic E-state index is 13.7. The molecule has 0 saturated heterocycles. The maximum absolute atomic E-state index is 13.7. The SMILES string of the molecule is CCC(C)(c1ccc(Oc2ccc(N)cc2C(F)(F)F)c(C)c1)c1cc(C)c(Oc2ccc(N)cc2C(F)(F)F)c(C)c1. The van der Waals surface area contributed by atoms with E-state index in [1.807, 2.05) is 32.0 Å². The summed E-state index contributed by atoms with van der Waals surface area (Å²) in [6.07, 6.45) is -8.64. The van der Waals surface area contributed by atoms with E-state index in [1.165, 1.54) is 24.3 Å². The van der Waals surface area contributed by atoms with Crippen LogP contribution in [0.25, 0.3) is 0 Å². The summed E-state index contributed by atoms with van der Waals surface area (Å²) in [6.45, 7) is 9.31. The van der Waals surface area contributed by atoms with Crippen molar-refractivity contribution >= 4 is 11.4 Å². The fourth-order valence-electron chi connectivity index (χ4n) is 5.06. The fraction of sp³-hybridized carbons (Fsp3) is 0.273. The molecule has 0 aliphatic carbocycles. The molecule has 228 valence electrons. The molecule has 0 spiro atoms. The van der Waals surface area contributed by atoms with E-state index in [9.17, 15) is 26.3 Å². The molecule has 4 rings (SSSR count).